The first-order valence-corrected chi connectivity index (χ1v) is 7.07. The lowest BCUT2D eigenvalue weighted by molar-refractivity contribution is 0.0294. The summed E-state index contributed by atoms with van der Waals surface area (Å²) in [6.07, 6.45) is 0.874. The fourth-order valence-electron chi connectivity index (χ4n) is 2.56. The summed E-state index contributed by atoms with van der Waals surface area (Å²) in [4.78, 5) is 13.9. The van der Waals surface area contributed by atoms with E-state index in [-0.39, 0.29) is 24.2 Å². The van der Waals surface area contributed by atoms with Crippen LogP contribution in [0.25, 0.3) is 0 Å². The van der Waals surface area contributed by atoms with Crippen molar-refractivity contribution in [1.29, 1.82) is 0 Å². The van der Waals surface area contributed by atoms with E-state index in [1.807, 2.05) is 34.7 Å². The van der Waals surface area contributed by atoms with Gasteiger partial charge in [-0.05, 0) is 46.6 Å². The molecule has 5 nitrogen and oxygen atoms in total. The van der Waals surface area contributed by atoms with Gasteiger partial charge in [0.2, 0.25) is 0 Å². The van der Waals surface area contributed by atoms with Crippen LogP contribution in [0.3, 0.4) is 0 Å². The minimum atomic E-state index is -0.479. The number of rotatable bonds is 3. The average Bonchev–Trinajstić information content (AvgIpc) is 2.24. The highest BCUT2D eigenvalue weighted by molar-refractivity contribution is 5.68. The molecule has 0 aromatic heterocycles. The molecule has 0 spiro atoms. The number of nitrogens with one attached hydrogen (secondary N) is 1. The van der Waals surface area contributed by atoms with Crippen molar-refractivity contribution in [3.63, 3.8) is 0 Å². The molecule has 0 aromatic rings. The van der Waals surface area contributed by atoms with E-state index < -0.39 is 5.60 Å². The fraction of sp³-hybridized carbons (Fsp3) is 0.929. The van der Waals surface area contributed by atoms with Gasteiger partial charge in [-0.15, -0.1) is 0 Å². The molecule has 1 amide bonds. The molecular formula is C14H28N2O3. The van der Waals surface area contributed by atoms with Crippen LogP contribution in [0.1, 0.15) is 40.5 Å². The molecule has 0 aromatic carbocycles. The molecule has 2 N–H and O–H groups in total. The number of hydrogen-bond acceptors (Lipinski definition) is 4. The normalized spacial score (nSPS) is 26.8. The average molecular weight is 272 g/mol. The number of likely N-dealkylation sites (N-methyl/N-ethyl adjacent to an activating group) is 1. The number of likely N-dealkylation sites (tertiary alicyclic amines) is 1. The lowest BCUT2D eigenvalue weighted by Crippen LogP contribution is -2.52. The number of hydrogen-bond donors (Lipinski definition) is 2. The molecule has 1 aliphatic heterocycles. The zero-order valence-electron chi connectivity index (χ0n) is 12.8. The number of amides is 1. The molecule has 0 bridgehead atoms. The summed E-state index contributed by atoms with van der Waals surface area (Å²) in [6.45, 7) is 9.21. The van der Waals surface area contributed by atoms with E-state index in [4.69, 9.17) is 4.74 Å². The van der Waals surface area contributed by atoms with Crippen LogP contribution in [0.4, 0.5) is 4.79 Å². The predicted octanol–water partition coefficient (Wildman–Crippen LogP) is 1.60. The van der Waals surface area contributed by atoms with Crippen LogP contribution >= 0.6 is 0 Å². The molecule has 0 radical (unpaired) electrons. The first-order chi connectivity index (χ1) is 8.71. The summed E-state index contributed by atoms with van der Waals surface area (Å²) in [7, 11) is 2.01. The number of ether oxygens (including phenoxy) is 1. The van der Waals surface area contributed by atoms with Crippen LogP contribution in [-0.4, -0.2) is 54.0 Å². The van der Waals surface area contributed by atoms with Gasteiger partial charge >= 0.3 is 6.09 Å². The van der Waals surface area contributed by atoms with Gasteiger partial charge in [-0.25, -0.2) is 4.79 Å². The van der Waals surface area contributed by atoms with Crippen molar-refractivity contribution in [2.24, 2.45) is 5.92 Å². The van der Waals surface area contributed by atoms with Gasteiger partial charge in [0, 0.05) is 19.1 Å². The number of nitrogens with zero attached hydrogens (tertiary/aromatic N) is 1. The van der Waals surface area contributed by atoms with Crippen LogP contribution < -0.4 is 5.32 Å². The van der Waals surface area contributed by atoms with Crippen LogP contribution in [0, 0.1) is 5.92 Å². The van der Waals surface area contributed by atoms with Crippen LogP contribution in [0.5, 0.6) is 0 Å². The van der Waals surface area contributed by atoms with Gasteiger partial charge in [0.15, 0.2) is 0 Å². The van der Waals surface area contributed by atoms with Crippen LogP contribution in [0.15, 0.2) is 0 Å². The van der Waals surface area contributed by atoms with E-state index in [0.717, 1.165) is 25.9 Å². The molecule has 1 heterocycles. The Morgan fingerprint density at radius 3 is 2.63 bits per heavy atom. The number of piperidine rings is 1. The van der Waals surface area contributed by atoms with E-state index >= 15 is 0 Å². The second-order valence-electron chi connectivity index (χ2n) is 6.54. The molecule has 3 atom stereocenters. The highest BCUT2D eigenvalue weighted by atomic mass is 16.6. The Morgan fingerprint density at radius 2 is 2.11 bits per heavy atom. The van der Waals surface area contributed by atoms with Gasteiger partial charge in [-0.1, -0.05) is 6.92 Å². The lowest BCUT2D eigenvalue weighted by atomic mass is 9.89. The Balaban J connectivity index is 2.51. The van der Waals surface area contributed by atoms with E-state index in [2.05, 4.69) is 10.2 Å². The van der Waals surface area contributed by atoms with Gasteiger partial charge in [0.25, 0.3) is 0 Å². The molecular weight excluding hydrogens is 244 g/mol. The summed E-state index contributed by atoms with van der Waals surface area (Å²) in [5, 5.41) is 12.9. The van der Waals surface area contributed by atoms with Crippen molar-refractivity contribution in [2.75, 3.05) is 20.1 Å². The van der Waals surface area contributed by atoms with Gasteiger partial charge in [-0.3, -0.25) is 0 Å². The Hall–Kier alpha value is -0.810. The minimum Gasteiger partial charge on any atom is -0.444 e. The summed E-state index contributed by atoms with van der Waals surface area (Å²) in [5.41, 5.74) is -0.479. The summed E-state index contributed by atoms with van der Waals surface area (Å²) >= 11 is 0. The lowest BCUT2D eigenvalue weighted by Gasteiger charge is -2.38. The number of aliphatic hydroxyl groups is 1. The molecule has 19 heavy (non-hydrogen) atoms. The topological polar surface area (TPSA) is 61.8 Å². The second kappa shape index (κ2) is 6.57. The molecule has 0 saturated carbocycles. The molecule has 0 aliphatic carbocycles. The molecule has 112 valence electrons. The zero-order chi connectivity index (χ0) is 14.6. The van der Waals surface area contributed by atoms with Crippen molar-refractivity contribution in [2.45, 2.75) is 58.3 Å². The van der Waals surface area contributed by atoms with Crippen molar-refractivity contribution in [1.82, 2.24) is 10.2 Å². The highest BCUT2D eigenvalue weighted by Crippen LogP contribution is 2.21. The van der Waals surface area contributed by atoms with Crippen LogP contribution in [0.2, 0.25) is 0 Å². The second-order valence-corrected chi connectivity index (χ2v) is 6.54. The zero-order valence-corrected chi connectivity index (χ0v) is 12.8. The van der Waals surface area contributed by atoms with Crippen molar-refractivity contribution < 1.29 is 14.6 Å². The molecule has 1 rings (SSSR count). The minimum absolute atomic E-state index is 0.0415. The Kier molecular flexibility index (Phi) is 5.62. The summed E-state index contributed by atoms with van der Waals surface area (Å²) in [6, 6.07) is 0.0415. The maximum absolute atomic E-state index is 11.8. The van der Waals surface area contributed by atoms with Crippen molar-refractivity contribution in [3.8, 4) is 0 Å². The maximum atomic E-state index is 11.8. The number of alkyl carbamates (subject to hydrolysis) is 1. The third-order valence-electron chi connectivity index (χ3n) is 3.35. The Labute approximate surface area is 116 Å². The highest BCUT2D eigenvalue weighted by Gasteiger charge is 2.31. The number of carbonyl (C=O) groups excluding carboxylic acids is 1. The van der Waals surface area contributed by atoms with E-state index in [1.54, 1.807) is 0 Å². The van der Waals surface area contributed by atoms with Gasteiger partial charge < -0.3 is 20.1 Å². The smallest absolute Gasteiger partial charge is 0.407 e. The Morgan fingerprint density at radius 1 is 1.47 bits per heavy atom. The van der Waals surface area contributed by atoms with Gasteiger partial charge in [-0.2, -0.15) is 0 Å². The largest absolute Gasteiger partial charge is 0.444 e. The molecule has 5 heteroatoms. The Bertz CT molecular complexity index is 302. The molecule has 3 unspecified atom stereocenters. The van der Waals surface area contributed by atoms with Crippen molar-refractivity contribution in [3.05, 3.63) is 0 Å². The standard InChI is InChI=1S/C14H28N2O3/c1-6-12(17)10-7-11(9-16(5)8-10)15-13(18)19-14(2,3)4/h10-12,17H,6-9H2,1-5H3,(H,15,18). The van der Waals surface area contributed by atoms with Crippen molar-refractivity contribution >= 4 is 6.09 Å². The molecule has 1 saturated heterocycles. The van der Waals surface area contributed by atoms with E-state index in [0.29, 0.717) is 0 Å². The third-order valence-corrected chi connectivity index (χ3v) is 3.35. The quantitative estimate of drug-likeness (QED) is 0.819. The first kappa shape index (κ1) is 16.2. The van der Waals surface area contributed by atoms with Gasteiger partial charge in [0.1, 0.15) is 5.60 Å². The summed E-state index contributed by atoms with van der Waals surface area (Å²) in [5.74, 6) is 0.212. The summed E-state index contributed by atoms with van der Waals surface area (Å²) < 4.78 is 5.27. The monoisotopic (exact) mass is 272 g/mol. The SMILES string of the molecule is CCC(O)C1CC(NC(=O)OC(C)(C)C)CN(C)C1. The fourth-order valence-corrected chi connectivity index (χ4v) is 2.56. The van der Waals surface area contributed by atoms with E-state index in [9.17, 15) is 9.90 Å². The first-order valence-electron chi connectivity index (χ1n) is 7.07. The third kappa shape index (κ3) is 5.78. The van der Waals surface area contributed by atoms with Gasteiger partial charge in [0.05, 0.1) is 6.10 Å². The van der Waals surface area contributed by atoms with Crippen LogP contribution in [-0.2, 0) is 4.74 Å². The maximum Gasteiger partial charge on any atom is 0.407 e. The number of carbonyl (C=O) groups is 1. The molecule has 1 aliphatic rings. The predicted molar refractivity (Wildman–Crippen MR) is 75.1 cm³/mol. The number of aliphatic hydroxyl groups excluding tert-OH is 1. The van der Waals surface area contributed by atoms with E-state index in [1.165, 1.54) is 0 Å². The molecule has 1 fully saturated rings.